The largest absolute Gasteiger partial charge is 0.311 e. The Labute approximate surface area is 373 Å². The monoisotopic (exact) mass is 814 g/mol. The Morgan fingerprint density at radius 3 is 1.28 bits per heavy atom. The molecule has 0 aliphatic rings. The van der Waals surface area contributed by atoms with Crippen molar-refractivity contribution in [2.75, 3.05) is 4.90 Å². The molecule has 12 rings (SSSR count). The molecule has 0 saturated heterocycles. The van der Waals surface area contributed by atoms with Crippen LogP contribution in [0.4, 0.5) is 17.1 Å². The van der Waals surface area contributed by atoms with Crippen molar-refractivity contribution in [3.8, 4) is 50.2 Å². The van der Waals surface area contributed by atoms with Crippen LogP contribution in [0, 0.1) is 0 Å². The van der Waals surface area contributed by atoms with E-state index in [0.717, 1.165) is 28.3 Å². The van der Waals surface area contributed by atoms with E-state index in [0.29, 0.717) is 0 Å². The lowest BCUT2D eigenvalue weighted by atomic mass is 9.99. The summed E-state index contributed by atoms with van der Waals surface area (Å²) in [6.07, 6.45) is 0. The molecule has 0 N–H and O–H groups in total. The summed E-state index contributed by atoms with van der Waals surface area (Å²) in [6, 6.07) is 92.7. The van der Waals surface area contributed by atoms with Gasteiger partial charge in [-0.3, -0.25) is 0 Å². The molecule has 0 fully saturated rings. The molecule has 0 atom stereocenters. The van der Waals surface area contributed by atoms with Gasteiger partial charge in [-0.25, -0.2) is 0 Å². The number of aromatic nitrogens is 1. The van der Waals surface area contributed by atoms with E-state index >= 15 is 0 Å². The van der Waals surface area contributed by atoms with Gasteiger partial charge in [0.15, 0.2) is 0 Å². The lowest BCUT2D eigenvalue weighted by molar-refractivity contribution is 1.18. The molecule has 64 heavy (non-hydrogen) atoms. The molecule has 0 bridgehead atoms. The molecule has 0 radical (unpaired) electrons. The van der Waals surface area contributed by atoms with Crippen LogP contribution in [-0.2, 0) is 0 Å². The van der Waals surface area contributed by atoms with Gasteiger partial charge in [-0.2, -0.15) is 0 Å². The Bertz CT molecular complexity index is 3520. The summed E-state index contributed by atoms with van der Waals surface area (Å²) in [6.45, 7) is 0. The standard InChI is InChI=1S/C62H42N2/c1-2-12-43(13-3-1)53-32-39-59-58-19-9-11-21-61(58)64(62(59)42-53)60-20-10-8-18-57(60)48-30-37-56(38-31-48)63(54-33-26-46(27-34-54)51-24-22-44-14-4-6-16-49(44)40-51)55-35-28-47(29-36-55)52-25-23-45-15-5-7-17-50(45)41-52/h1-42H. The van der Waals surface area contributed by atoms with E-state index in [1.807, 2.05) is 0 Å². The molecule has 0 unspecified atom stereocenters. The van der Waals surface area contributed by atoms with E-state index in [1.165, 1.54) is 82.3 Å². The van der Waals surface area contributed by atoms with Crippen molar-refractivity contribution in [2.45, 2.75) is 0 Å². The average Bonchev–Trinajstić information content (AvgIpc) is 3.70. The molecule has 0 amide bonds. The van der Waals surface area contributed by atoms with Crippen molar-refractivity contribution >= 4 is 60.4 Å². The number of nitrogens with zero attached hydrogens (tertiary/aromatic N) is 2. The summed E-state index contributed by atoms with van der Waals surface area (Å²) < 4.78 is 2.45. The second kappa shape index (κ2) is 15.8. The molecular weight excluding hydrogens is 773 g/mol. The minimum atomic E-state index is 1.09. The maximum absolute atomic E-state index is 2.45. The second-order valence-electron chi connectivity index (χ2n) is 16.6. The van der Waals surface area contributed by atoms with Crippen LogP contribution < -0.4 is 4.90 Å². The van der Waals surface area contributed by atoms with Gasteiger partial charge in [-0.1, -0.05) is 188 Å². The zero-order chi connectivity index (χ0) is 42.4. The van der Waals surface area contributed by atoms with Crippen LogP contribution in [0.5, 0.6) is 0 Å². The number of anilines is 3. The minimum absolute atomic E-state index is 1.09. The fourth-order valence-electron chi connectivity index (χ4n) is 9.53. The van der Waals surface area contributed by atoms with Gasteiger partial charge in [0.2, 0.25) is 0 Å². The van der Waals surface area contributed by atoms with Crippen LogP contribution in [0.2, 0.25) is 0 Å². The summed E-state index contributed by atoms with van der Waals surface area (Å²) in [5.74, 6) is 0. The smallest absolute Gasteiger partial charge is 0.0547 e. The molecule has 300 valence electrons. The van der Waals surface area contributed by atoms with Crippen LogP contribution in [-0.4, -0.2) is 4.57 Å². The molecule has 1 heterocycles. The van der Waals surface area contributed by atoms with Crippen LogP contribution in [0.3, 0.4) is 0 Å². The maximum Gasteiger partial charge on any atom is 0.0547 e. The maximum atomic E-state index is 2.45. The molecule has 2 nitrogen and oxygen atoms in total. The molecule has 0 aliphatic carbocycles. The summed E-state index contributed by atoms with van der Waals surface area (Å²) in [5.41, 5.74) is 16.3. The highest BCUT2D eigenvalue weighted by Crippen LogP contribution is 2.41. The van der Waals surface area contributed by atoms with E-state index in [2.05, 4.69) is 264 Å². The van der Waals surface area contributed by atoms with Crippen molar-refractivity contribution in [2.24, 2.45) is 0 Å². The summed E-state index contributed by atoms with van der Waals surface area (Å²) in [4.78, 5) is 2.36. The highest BCUT2D eigenvalue weighted by Gasteiger charge is 2.18. The van der Waals surface area contributed by atoms with E-state index in [1.54, 1.807) is 0 Å². The first-order valence-corrected chi connectivity index (χ1v) is 22.0. The lowest BCUT2D eigenvalue weighted by Crippen LogP contribution is -2.09. The van der Waals surface area contributed by atoms with Crippen LogP contribution in [0.1, 0.15) is 0 Å². The predicted octanol–water partition coefficient (Wildman–Crippen LogP) is 17.2. The van der Waals surface area contributed by atoms with Crippen molar-refractivity contribution in [1.29, 1.82) is 0 Å². The Morgan fingerprint density at radius 2 is 0.672 bits per heavy atom. The average molecular weight is 815 g/mol. The van der Waals surface area contributed by atoms with Gasteiger partial charge in [-0.15, -0.1) is 0 Å². The van der Waals surface area contributed by atoms with Crippen molar-refractivity contribution in [3.63, 3.8) is 0 Å². The highest BCUT2D eigenvalue weighted by atomic mass is 15.1. The Hall–Kier alpha value is -8.46. The molecule has 0 aliphatic heterocycles. The molecule has 12 aromatic rings. The highest BCUT2D eigenvalue weighted by molar-refractivity contribution is 6.10. The summed E-state index contributed by atoms with van der Waals surface area (Å²) in [5, 5.41) is 7.48. The number of rotatable bonds is 8. The number of para-hydroxylation sites is 2. The minimum Gasteiger partial charge on any atom is -0.311 e. The van der Waals surface area contributed by atoms with Crippen LogP contribution >= 0.6 is 0 Å². The van der Waals surface area contributed by atoms with Gasteiger partial charge in [0.1, 0.15) is 0 Å². The third-order valence-electron chi connectivity index (χ3n) is 12.8. The van der Waals surface area contributed by atoms with Crippen LogP contribution in [0.15, 0.2) is 255 Å². The quantitative estimate of drug-likeness (QED) is 0.148. The lowest BCUT2D eigenvalue weighted by Gasteiger charge is -2.26. The van der Waals surface area contributed by atoms with E-state index in [9.17, 15) is 0 Å². The fraction of sp³-hybridized carbons (Fsp3) is 0. The summed E-state index contributed by atoms with van der Waals surface area (Å²) in [7, 11) is 0. The van der Waals surface area contributed by atoms with Crippen molar-refractivity contribution in [3.05, 3.63) is 255 Å². The van der Waals surface area contributed by atoms with Gasteiger partial charge in [0, 0.05) is 33.4 Å². The molecule has 1 aromatic heterocycles. The third-order valence-corrected chi connectivity index (χ3v) is 12.8. The van der Waals surface area contributed by atoms with Gasteiger partial charge < -0.3 is 9.47 Å². The first kappa shape index (κ1) is 37.3. The van der Waals surface area contributed by atoms with Gasteiger partial charge in [0.05, 0.1) is 16.7 Å². The molecule has 2 heteroatoms. The number of benzene rings is 11. The zero-order valence-corrected chi connectivity index (χ0v) is 35.1. The van der Waals surface area contributed by atoms with E-state index in [4.69, 9.17) is 0 Å². The Kier molecular flexibility index (Phi) is 9.20. The van der Waals surface area contributed by atoms with Gasteiger partial charge >= 0.3 is 0 Å². The Morgan fingerprint density at radius 1 is 0.250 bits per heavy atom. The number of hydrogen-bond donors (Lipinski definition) is 0. The Balaban J connectivity index is 0.945. The number of fused-ring (bicyclic) bond motifs is 5. The van der Waals surface area contributed by atoms with Crippen molar-refractivity contribution < 1.29 is 0 Å². The first-order chi connectivity index (χ1) is 31.7. The SMILES string of the molecule is c1ccc(-c2ccc3c4ccccc4n(-c4ccccc4-c4ccc(N(c5ccc(-c6ccc7ccccc7c6)cc5)c5ccc(-c6ccc7ccccc7c6)cc5)cc4)c3c2)cc1. The van der Waals surface area contributed by atoms with Gasteiger partial charge in [0.25, 0.3) is 0 Å². The third kappa shape index (κ3) is 6.70. The molecule has 0 saturated carbocycles. The summed E-state index contributed by atoms with van der Waals surface area (Å²) >= 11 is 0. The number of hydrogen-bond acceptors (Lipinski definition) is 1. The topological polar surface area (TPSA) is 8.17 Å². The molecular formula is C62H42N2. The van der Waals surface area contributed by atoms with Gasteiger partial charge in [-0.05, 0) is 127 Å². The van der Waals surface area contributed by atoms with E-state index < -0.39 is 0 Å². The first-order valence-electron chi connectivity index (χ1n) is 22.0. The van der Waals surface area contributed by atoms with E-state index in [-0.39, 0.29) is 0 Å². The van der Waals surface area contributed by atoms with Crippen molar-refractivity contribution in [1.82, 2.24) is 4.57 Å². The second-order valence-corrected chi connectivity index (χ2v) is 16.6. The molecule has 11 aromatic carbocycles. The molecule has 0 spiro atoms. The zero-order valence-electron chi connectivity index (χ0n) is 35.1. The normalized spacial score (nSPS) is 11.4. The fourth-order valence-corrected chi connectivity index (χ4v) is 9.53. The predicted molar refractivity (Wildman–Crippen MR) is 272 cm³/mol. The van der Waals surface area contributed by atoms with Crippen LogP contribution in [0.25, 0.3) is 93.5 Å².